The van der Waals surface area contributed by atoms with Crippen molar-refractivity contribution < 1.29 is 0 Å². The van der Waals surface area contributed by atoms with E-state index in [2.05, 4.69) is 35.8 Å². The van der Waals surface area contributed by atoms with Gasteiger partial charge in [-0.3, -0.25) is 0 Å². The lowest BCUT2D eigenvalue weighted by Crippen LogP contribution is -2.43. The van der Waals surface area contributed by atoms with Crippen LogP contribution in [0.4, 0.5) is 0 Å². The van der Waals surface area contributed by atoms with Crippen molar-refractivity contribution >= 4 is 11.8 Å². The lowest BCUT2D eigenvalue weighted by molar-refractivity contribution is 0.243. The van der Waals surface area contributed by atoms with Crippen LogP contribution in [0.3, 0.4) is 0 Å². The number of hydrogen-bond acceptors (Lipinski definition) is 3. The lowest BCUT2D eigenvalue weighted by Gasteiger charge is -2.37. The molecule has 0 aromatic rings. The molecule has 0 spiro atoms. The summed E-state index contributed by atoms with van der Waals surface area (Å²) in [7, 11) is 0. The van der Waals surface area contributed by atoms with Crippen molar-refractivity contribution in [2.45, 2.75) is 31.4 Å². The van der Waals surface area contributed by atoms with Gasteiger partial charge in [-0.2, -0.15) is 11.8 Å². The van der Waals surface area contributed by atoms with Gasteiger partial charge in [-0.05, 0) is 52.2 Å². The predicted octanol–water partition coefficient (Wildman–Crippen LogP) is 1.81. The number of nitrogens with one attached hydrogen (secondary N) is 1. The molecule has 1 unspecified atom stereocenters. The van der Waals surface area contributed by atoms with Crippen molar-refractivity contribution in [1.82, 2.24) is 10.2 Å². The molecule has 2 aliphatic heterocycles. The second kappa shape index (κ2) is 5.07. The van der Waals surface area contributed by atoms with Gasteiger partial charge in [0.15, 0.2) is 0 Å². The smallest absolute Gasteiger partial charge is 0.0231 e. The minimum Gasteiger partial charge on any atom is -0.316 e. The highest BCUT2D eigenvalue weighted by Crippen LogP contribution is 2.29. The third-order valence-electron chi connectivity index (χ3n) is 3.52. The molecular weight excluding hydrogens is 204 g/mol. The van der Waals surface area contributed by atoms with Crippen molar-refractivity contribution in [3.05, 3.63) is 0 Å². The Hall–Kier alpha value is 0.270. The fourth-order valence-corrected chi connectivity index (χ4v) is 3.81. The summed E-state index contributed by atoms with van der Waals surface area (Å²) in [4.78, 5) is 2.66. The molecule has 1 atom stereocenters. The summed E-state index contributed by atoms with van der Waals surface area (Å²) in [6.45, 7) is 11.1. The summed E-state index contributed by atoms with van der Waals surface area (Å²) in [5, 5.41) is 3.45. The summed E-state index contributed by atoms with van der Waals surface area (Å²) in [6.07, 6.45) is 2.79. The summed E-state index contributed by atoms with van der Waals surface area (Å²) < 4.78 is 0.478. The van der Waals surface area contributed by atoms with Crippen LogP contribution in [0.5, 0.6) is 0 Å². The van der Waals surface area contributed by atoms with Crippen LogP contribution in [0.2, 0.25) is 0 Å². The van der Waals surface area contributed by atoms with Gasteiger partial charge in [0, 0.05) is 23.6 Å². The zero-order chi connectivity index (χ0) is 10.7. The van der Waals surface area contributed by atoms with E-state index in [0.29, 0.717) is 4.75 Å². The molecule has 2 fully saturated rings. The SMILES string of the molecule is CC1(C)CN(CCC2CCNC2)CCS1. The Morgan fingerprint density at radius 1 is 1.47 bits per heavy atom. The Morgan fingerprint density at radius 2 is 2.33 bits per heavy atom. The monoisotopic (exact) mass is 228 g/mol. The van der Waals surface area contributed by atoms with E-state index in [0.717, 1.165) is 5.92 Å². The van der Waals surface area contributed by atoms with Crippen LogP contribution in [0.1, 0.15) is 26.7 Å². The molecule has 0 amide bonds. The molecule has 2 nitrogen and oxygen atoms in total. The first-order valence-electron chi connectivity index (χ1n) is 6.23. The second-order valence-corrected chi connectivity index (χ2v) is 7.33. The molecule has 2 saturated heterocycles. The topological polar surface area (TPSA) is 15.3 Å². The standard InChI is InChI=1S/C12H24N2S/c1-12(2)10-14(7-8-15-12)6-4-11-3-5-13-9-11/h11,13H,3-10H2,1-2H3. The van der Waals surface area contributed by atoms with Gasteiger partial charge < -0.3 is 10.2 Å². The molecule has 0 bridgehead atoms. The van der Waals surface area contributed by atoms with Crippen LogP contribution in [-0.2, 0) is 0 Å². The molecule has 0 aliphatic carbocycles. The van der Waals surface area contributed by atoms with E-state index in [9.17, 15) is 0 Å². The second-order valence-electron chi connectivity index (χ2n) is 5.53. The van der Waals surface area contributed by atoms with Crippen molar-refractivity contribution in [3.8, 4) is 0 Å². The van der Waals surface area contributed by atoms with Crippen LogP contribution in [0.15, 0.2) is 0 Å². The highest BCUT2D eigenvalue weighted by molar-refractivity contribution is 8.00. The van der Waals surface area contributed by atoms with Gasteiger partial charge >= 0.3 is 0 Å². The summed E-state index contributed by atoms with van der Waals surface area (Å²) >= 11 is 2.13. The van der Waals surface area contributed by atoms with Crippen LogP contribution < -0.4 is 5.32 Å². The minimum absolute atomic E-state index is 0.478. The third kappa shape index (κ3) is 3.65. The Balaban J connectivity index is 1.69. The fraction of sp³-hybridized carbons (Fsp3) is 1.00. The van der Waals surface area contributed by atoms with Crippen molar-refractivity contribution in [1.29, 1.82) is 0 Å². The number of rotatable bonds is 3. The third-order valence-corrected chi connectivity index (χ3v) is 4.82. The Kier molecular flexibility index (Phi) is 3.97. The maximum Gasteiger partial charge on any atom is 0.0231 e. The molecule has 15 heavy (non-hydrogen) atoms. The van der Waals surface area contributed by atoms with E-state index in [1.165, 1.54) is 51.3 Å². The zero-order valence-corrected chi connectivity index (χ0v) is 10.9. The van der Waals surface area contributed by atoms with Gasteiger partial charge in [-0.25, -0.2) is 0 Å². The minimum atomic E-state index is 0.478. The first-order valence-corrected chi connectivity index (χ1v) is 7.21. The molecule has 0 saturated carbocycles. The predicted molar refractivity (Wildman–Crippen MR) is 68.6 cm³/mol. The van der Waals surface area contributed by atoms with E-state index >= 15 is 0 Å². The highest BCUT2D eigenvalue weighted by Gasteiger charge is 2.27. The van der Waals surface area contributed by atoms with Crippen LogP contribution in [0.25, 0.3) is 0 Å². The van der Waals surface area contributed by atoms with Crippen molar-refractivity contribution in [2.24, 2.45) is 5.92 Å². The Morgan fingerprint density at radius 3 is 3.00 bits per heavy atom. The lowest BCUT2D eigenvalue weighted by atomic mass is 10.0. The van der Waals surface area contributed by atoms with Crippen molar-refractivity contribution in [3.63, 3.8) is 0 Å². The maximum atomic E-state index is 3.45. The van der Waals surface area contributed by atoms with Crippen LogP contribution in [0, 0.1) is 5.92 Å². The first-order chi connectivity index (χ1) is 7.16. The molecular formula is C12H24N2S. The normalized spacial score (nSPS) is 32.0. The summed E-state index contributed by atoms with van der Waals surface area (Å²) in [5.41, 5.74) is 0. The molecule has 2 rings (SSSR count). The molecule has 0 aromatic carbocycles. The fourth-order valence-electron chi connectivity index (χ4n) is 2.63. The van der Waals surface area contributed by atoms with E-state index < -0.39 is 0 Å². The summed E-state index contributed by atoms with van der Waals surface area (Å²) in [5.74, 6) is 2.26. The van der Waals surface area contributed by atoms with Gasteiger partial charge in [0.05, 0.1) is 0 Å². The van der Waals surface area contributed by atoms with Crippen LogP contribution >= 0.6 is 11.8 Å². The van der Waals surface area contributed by atoms with E-state index in [-0.39, 0.29) is 0 Å². The summed E-state index contributed by atoms with van der Waals surface area (Å²) in [6, 6.07) is 0. The highest BCUT2D eigenvalue weighted by atomic mass is 32.2. The Labute approximate surface area is 98.2 Å². The average molecular weight is 228 g/mol. The molecule has 0 radical (unpaired) electrons. The maximum absolute atomic E-state index is 3.45. The number of nitrogens with zero attached hydrogens (tertiary/aromatic N) is 1. The molecule has 3 heteroatoms. The molecule has 2 aliphatic rings. The number of hydrogen-bond donors (Lipinski definition) is 1. The Bertz CT molecular complexity index is 200. The number of thioether (sulfide) groups is 1. The molecule has 88 valence electrons. The van der Waals surface area contributed by atoms with Gasteiger partial charge in [-0.1, -0.05) is 0 Å². The average Bonchev–Trinajstić information content (AvgIpc) is 2.65. The molecule has 1 N–H and O–H groups in total. The van der Waals surface area contributed by atoms with E-state index in [1.54, 1.807) is 0 Å². The van der Waals surface area contributed by atoms with E-state index in [4.69, 9.17) is 0 Å². The largest absolute Gasteiger partial charge is 0.316 e. The van der Waals surface area contributed by atoms with E-state index in [1.807, 2.05) is 0 Å². The van der Waals surface area contributed by atoms with Gasteiger partial charge in [0.1, 0.15) is 0 Å². The van der Waals surface area contributed by atoms with Gasteiger partial charge in [0.2, 0.25) is 0 Å². The van der Waals surface area contributed by atoms with Crippen molar-refractivity contribution in [2.75, 3.05) is 38.5 Å². The zero-order valence-electron chi connectivity index (χ0n) is 10.1. The molecule has 0 aromatic heterocycles. The van der Waals surface area contributed by atoms with Gasteiger partial charge in [0.25, 0.3) is 0 Å². The molecule has 2 heterocycles. The quantitative estimate of drug-likeness (QED) is 0.793. The first kappa shape index (κ1) is 11.7. The van der Waals surface area contributed by atoms with Crippen LogP contribution in [-0.4, -0.2) is 48.1 Å². The van der Waals surface area contributed by atoms with Gasteiger partial charge in [-0.15, -0.1) is 0 Å².